The zero-order chi connectivity index (χ0) is 18.0. The molecule has 1 aliphatic rings. The van der Waals surface area contributed by atoms with Gasteiger partial charge in [-0.3, -0.25) is 4.79 Å². The molecule has 1 heterocycles. The van der Waals surface area contributed by atoms with Gasteiger partial charge in [0.05, 0.1) is 11.6 Å². The number of hydrogen-bond donors (Lipinski definition) is 3. The maximum absolute atomic E-state index is 12.8. The smallest absolute Gasteiger partial charge is 0.319 e. The van der Waals surface area contributed by atoms with E-state index in [1.807, 2.05) is 31.2 Å². The number of benzene rings is 2. The number of allylic oxidation sites excluding steroid dienone is 1. The van der Waals surface area contributed by atoms with Crippen molar-refractivity contribution in [3.8, 4) is 0 Å². The second kappa shape index (κ2) is 6.99. The Labute approximate surface area is 151 Å². The molecule has 0 spiro atoms. The summed E-state index contributed by atoms with van der Waals surface area (Å²) in [5, 5.41) is 8.93. The summed E-state index contributed by atoms with van der Waals surface area (Å²) >= 11 is 5.87. The largest absolute Gasteiger partial charge is 0.327 e. The molecule has 0 saturated heterocycles. The average molecular weight is 356 g/mol. The maximum atomic E-state index is 12.8. The predicted molar refractivity (Wildman–Crippen MR) is 98.4 cm³/mol. The molecule has 1 atom stereocenters. The van der Waals surface area contributed by atoms with Gasteiger partial charge in [0.15, 0.2) is 0 Å². The molecule has 1 aliphatic heterocycles. The molecule has 0 bridgehead atoms. The van der Waals surface area contributed by atoms with E-state index >= 15 is 0 Å². The first-order valence-corrected chi connectivity index (χ1v) is 8.23. The monoisotopic (exact) mass is 355 g/mol. The highest BCUT2D eigenvalue weighted by Gasteiger charge is 2.31. The number of carbonyl (C=O) groups excluding carboxylic acids is 2. The predicted octanol–water partition coefficient (Wildman–Crippen LogP) is 3.92. The van der Waals surface area contributed by atoms with Crippen molar-refractivity contribution < 1.29 is 9.59 Å². The van der Waals surface area contributed by atoms with Gasteiger partial charge in [-0.1, -0.05) is 41.4 Å². The summed E-state index contributed by atoms with van der Waals surface area (Å²) in [5.41, 5.74) is 3.59. The summed E-state index contributed by atoms with van der Waals surface area (Å²) in [6, 6.07) is 13.8. The van der Waals surface area contributed by atoms with E-state index in [1.54, 1.807) is 31.2 Å². The van der Waals surface area contributed by atoms with Gasteiger partial charge in [0.1, 0.15) is 0 Å². The average Bonchev–Trinajstić information content (AvgIpc) is 2.57. The van der Waals surface area contributed by atoms with Gasteiger partial charge in [-0.15, -0.1) is 0 Å². The fourth-order valence-electron chi connectivity index (χ4n) is 2.74. The Morgan fingerprint density at radius 2 is 1.68 bits per heavy atom. The minimum atomic E-state index is -0.512. The van der Waals surface area contributed by atoms with Crippen LogP contribution < -0.4 is 16.0 Å². The van der Waals surface area contributed by atoms with E-state index in [0.717, 1.165) is 11.1 Å². The molecule has 0 aliphatic carbocycles. The van der Waals surface area contributed by atoms with Crippen molar-refractivity contribution in [2.24, 2.45) is 0 Å². The first kappa shape index (κ1) is 17.0. The number of anilines is 1. The molecular formula is C19H18ClN3O2. The molecule has 5 nitrogen and oxygen atoms in total. The van der Waals surface area contributed by atoms with Gasteiger partial charge in [0.2, 0.25) is 0 Å². The SMILES string of the molecule is CC1=C(C(=O)Nc2ccc(Cl)cc2)[C@@H](c2ccc(C)cc2)NC(=O)N1. The quantitative estimate of drug-likeness (QED) is 0.781. The van der Waals surface area contributed by atoms with Crippen LogP contribution in [0.5, 0.6) is 0 Å². The Hall–Kier alpha value is -2.79. The number of urea groups is 1. The molecule has 128 valence electrons. The molecule has 0 saturated carbocycles. The highest BCUT2D eigenvalue weighted by Crippen LogP contribution is 2.28. The number of hydrogen-bond acceptors (Lipinski definition) is 2. The number of nitrogens with one attached hydrogen (secondary N) is 3. The lowest BCUT2D eigenvalue weighted by molar-refractivity contribution is -0.113. The van der Waals surface area contributed by atoms with Crippen LogP contribution in [0, 0.1) is 6.92 Å². The summed E-state index contributed by atoms with van der Waals surface area (Å²) in [7, 11) is 0. The zero-order valence-corrected chi connectivity index (χ0v) is 14.6. The standard InChI is InChI=1S/C19H18ClN3O2/c1-11-3-5-13(6-4-11)17-16(12(2)21-19(25)23-17)18(24)22-15-9-7-14(20)8-10-15/h3-10,17H,1-2H3,(H,22,24)(H2,21,23,25)/t17-/m1/s1. The first-order valence-electron chi connectivity index (χ1n) is 7.86. The van der Waals surface area contributed by atoms with Gasteiger partial charge < -0.3 is 16.0 Å². The molecule has 3 amide bonds. The second-order valence-corrected chi connectivity index (χ2v) is 6.38. The third-order valence-corrected chi connectivity index (χ3v) is 4.28. The van der Waals surface area contributed by atoms with Crippen LogP contribution in [0.15, 0.2) is 59.8 Å². The van der Waals surface area contributed by atoms with E-state index in [0.29, 0.717) is 22.0 Å². The number of aryl methyl sites for hydroxylation is 1. The minimum absolute atomic E-state index is 0.280. The lowest BCUT2D eigenvalue weighted by Crippen LogP contribution is -2.45. The van der Waals surface area contributed by atoms with E-state index < -0.39 is 6.04 Å². The molecule has 6 heteroatoms. The lowest BCUT2D eigenvalue weighted by Gasteiger charge is -2.28. The maximum Gasteiger partial charge on any atom is 0.319 e. The van der Waals surface area contributed by atoms with Crippen molar-refractivity contribution in [1.29, 1.82) is 0 Å². The van der Waals surface area contributed by atoms with E-state index in [1.165, 1.54) is 0 Å². The summed E-state index contributed by atoms with van der Waals surface area (Å²) in [4.78, 5) is 24.7. The van der Waals surface area contributed by atoms with Crippen LogP contribution in [0.1, 0.15) is 24.1 Å². The third-order valence-electron chi connectivity index (χ3n) is 4.03. The Bertz CT molecular complexity index is 842. The van der Waals surface area contributed by atoms with E-state index in [2.05, 4.69) is 16.0 Å². The number of rotatable bonds is 3. The van der Waals surface area contributed by atoms with Gasteiger partial charge in [-0.2, -0.15) is 0 Å². The molecule has 25 heavy (non-hydrogen) atoms. The van der Waals surface area contributed by atoms with Crippen LogP contribution >= 0.6 is 11.6 Å². The molecule has 2 aromatic rings. The summed E-state index contributed by atoms with van der Waals surface area (Å²) in [6.07, 6.45) is 0. The molecule has 0 aromatic heterocycles. The van der Waals surface area contributed by atoms with Crippen molar-refractivity contribution >= 4 is 29.2 Å². The molecular weight excluding hydrogens is 338 g/mol. The van der Waals surface area contributed by atoms with Crippen molar-refractivity contribution in [3.05, 3.63) is 76.0 Å². The first-order chi connectivity index (χ1) is 11.9. The van der Waals surface area contributed by atoms with Gasteiger partial charge >= 0.3 is 6.03 Å². The van der Waals surface area contributed by atoms with Gasteiger partial charge in [0, 0.05) is 16.4 Å². The van der Waals surface area contributed by atoms with Gasteiger partial charge in [-0.25, -0.2) is 4.79 Å². The van der Waals surface area contributed by atoms with Crippen LogP contribution in [-0.2, 0) is 4.79 Å². The highest BCUT2D eigenvalue weighted by molar-refractivity contribution is 6.30. The zero-order valence-electron chi connectivity index (χ0n) is 13.9. The van der Waals surface area contributed by atoms with Crippen LogP contribution in [-0.4, -0.2) is 11.9 Å². The fraction of sp³-hybridized carbons (Fsp3) is 0.158. The fourth-order valence-corrected chi connectivity index (χ4v) is 2.86. The van der Waals surface area contributed by atoms with Crippen LogP contribution in [0.25, 0.3) is 0 Å². The summed E-state index contributed by atoms with van der Waals surface area (Å²) in [6.45, 7) is 3.71. The number of amides is 3. The number of carbonyl (C=O) groups is 2. The Kier molecular flexibility index (Phi) is 4.76. The summed E-state index contributed by atoms with van der Waals surface area (Å²) in [5.74, 6) is -0.280. The Balaban J connectivity index is 1.92. The molecule has 2 aromatic carbocycles. The lowest BCUT2D eigenvalue weighted by atomic mass is 9.94. The van der Waals surface area contributed by atoms with Crippen LogP contribution in [0.3, 0.4) is 0 Å². The van der Waals surface area contributed by atoms with Gasteiger partial charge in [0.25, 0.3) is 5.91 Å². The third kappa shape index (κ3) is 3.83. The highest BCUT2D eigenvalue weighted by atomic mass is 35.5. The van der Waals surface area contributed by atoms with E-state index in [9.17, 15) is 9.59 Å². The molecule has 0 radical (unpaired) electrons. The minimum Gasteiger partial charge on any atom is -0.327 e. The topological polar surface area (TPSA) is 70.2 Å². The Morgan fingerprint density at radius 3 is 2.32 bits per heavy atom. The van der Waals surface area contributed by atoms with Crippen molar-refractivity contribution in [2.75, 3.05) is 5.32 Å². The Morgan fingerprint density at radius 1 is 1.04 bits per heavy atom. The van der Waals surface area contributed by atoms with Crippen molar-refractivity contribution in [2.45, 2.75) is 19.9 Å². The second-order valence-electron chi connectivity index (χ2n) is 5.94. The molecule has 3 rings (SSSR count). The summed E-state index contributed by atoms with van der Waals surface area (Å²) < 4.78 is 0. The molecule has 0 unspecified atom stereocenters. The van der Waals surface area contributed by atoms with Crippen LogP contribution in [0.4, 0.5) is 10.5 Å². The molecule has 0 fully saturated rings. The molecule has 3 N–H and O–H groups in total. The van der Waals surface area contributed by atoms with Crippen LogP contribution in [0.2, 0.25) is 5.02 Å². The van der Waals surface area contributed by atoms with Gasteiger partial charge in [-0.05, 0) is 43.7 Å². The van der Waals surface area contributed by atoms with E-state index in [-0.39, 0.29) is 11.9 Å². The van der Waals surface area contributed by atoms with Crippen molar-refractivity contribution in [3.63, 3.8) is 0 Å². The normalized spacial score (nSPS) is 16.9. The number of halogens is 1. The van der Waals surface area contributed by atoms with E-state index in [4.69, 9.17) is 11.6 Å². The van der Waals surface area contributed by atoms with Crippen molar-refractivity contribution in [1.82, 2.24) is 10.6 Å².